The number of hydrogen-bond acceptors (Lipinski definition) is 5. The Morgan fingerprint density at radius 3 is 2.53 bits per heavy atom. The number of rotatable bonds is 6. The van der Waals surface area contributed by atoms with Crippen molar-refractivity contribution in [1.82, 2.24) is 15.6 Å². The molecule has 1 amide bonds. The third kappa shape index (κ3) is 4.99. The van der Waals surface area contributed by atoms with Crippen LogP contribution in [-0.4, -0.2) is 42.1 Å². The van der Waals surface area contributed by atoms with E-state index in [9.17, 15) is 27.6 Å². The molecule has 190 valence electrons. The van der Waals surface area contributed by atoms with E-state index in [4.69, 9.17) is 4.74 Å². The van der Waals surface area contributed by atoms with Gasteiger partial charge in [0, 0.05) is 16.6 Å². The number of pyridine rings is 1. The summed E-state index contributed by atoms with van der Waals surface area (Å²) in [5.41, 5.74) is -1.73. The number of halogens is 3. The molecule has 1 saturated heterocycles. The standard InChI is InChI=1S/C26H26F3N3O4/c1-25(2,30-3)24(35)36-13-16-12-19(22(33)31-16)14-8-9-15-11-21(32-23(34)18(15)10-14)17-6-4-5-7-20(17)26(27,28)29/h4-11,16,19,30H,12-13H2,1-3H3,(H,31,33)(H,32,34)/t16?,19-/m1/s1. The van der Waals surface area contributed by atoms with Gasteiger partial charge in [-0.2, -0.15) is 13.2 Å². The number of amides is 1. The van der Waals surface area contributed by atoms with Gasteiger partial charge in [-0.05, 0) is 56.5 Å². The maximum atomic E-state index is 13.5. The first-order chi connectivity index (χ1) is 16.9. The molecule has 0 bridgehead atoms. The number of likely N-dealkylation sites (N-methyl/N-ethyl adjacent to an activating group) is 1. The summed E-state index contributed by atoms with van der Waals surface area (Å²) >= 11 is 0. The van der Waals surface area contributed by atoms with Gasteiger partial charge in [-0.25, -0.2) is 0 Å². The number of benzene rings is 2. The second kappa shape index (κ2) is 9.42. The van der Waals surface area contributed by atoms with Gasteiger partial charge in [0.25, 0.3) is 5.56 Å². The van der Waals surface area contributed by atoms with Crippen molar-refractivity contribution in [3.05, 3.63) is 70.0 Å². The number of H-pyrrole nitrogens is 1. The van der Waals surface area contributed by atoms with Gasteiger partial charge in [0.15, 0.2) is 0 Å². The molecule has 4 rings (SSSR count). The molecule has 2 atom stereocenters. The van der Waals surface area contributed by atoms with Gasteiger partial charge in [-0.1, -0.05) is 30.3 Å². The lowest BCUT2D eigenvalue weighted by atomic mass is 9.93. The summed E-state index contributed by atoms with van der Waals surface area (Å²) in [5.74, 6) is -1.25. The van der Waals surface area contributed by atoms with E-state index < -0.39 is 34.7 Å². The molecule has 36 heavy (non-hydrogen) atoms. The summed E-state index contributed by atoms with van der Waals surface area (Å²) in [5, 5.41) is 6.38. The van der Waals surface area contributed by atoms with Gasteiger partial charge < -0.3 is 20.4 Å². The van der Waals surface area contributed by atoms with E-state index in [0.717, 1.165) is 6.07 Å². The molecular formula is C26H26F3N3O4. The lowest BCUT2D eigenvalue weighted by molar-refractivity contribution is -0.150. The van der Waals surface area contributed by atoms with Crippen LogP contribution in [0.3, 0.4) is 0 Å². The topological polar surface area (TPSA) is 100 Å². The Hall–Kier alpha value is -3.66. The zero-order valence-corrected chi connectivity index (χ0v) is 20.0. The molecule has 3 N–H and O–H groups in total. The fourth-order valence-corrected chi connectivity index (χ4v) is 4.21. The second-order valence-electron chi connectivity index (χ2n) is 9.37. The molecule has 2 aromatic carbocycles. The number of carbonyl (C=O) groups excluding carboxylic acids is 2. The molecule has 0 spiro atoms. The minimum Gasteiger partial charge on any atom is -0.462 e. The Morgan fingerprint density at radius 2 is 1.83 bits per heavy atom. The fourth-order valence-electron chi connectivity index (χ4n) is 4.21. The molecule has 0 radical (unpaired) electrons. The maximum absolute atomic E-state index is 13.5. The first-order valence-corrected chi connectivity index (χ1v) is 11.4. The van der Waals surface area contributed by atoms with Crippen molar-refractivity contribution in [2.45, 2.75) is 43.9 Å². The van der Waals surface area contributed by atoms with Gasteiger partial charge in [0.2, 0.25) is 5.91 Å². The molecule has 7 nitrogen and oxygen atoms in total. The van der Waals surface area contributed by atoms with Crippen LogP contribution in [0.25, 0.3) is 22.0 Å². The lowest BCUT2D eigenvalue weighted by Gasteiger charge is -2.22. The quantitative estimate of drug-likeness (QED) is 0.447. The summed E-state index contributed by atoms with van der Waals surface area (Å²) in [6.45, 7) is 3.39. The van der Waals surface area contributed by atoms with Gasteiger partial charge >= 0.3 is 12.1 Å². The van der Waals surface area contributed by atoms with Crippen molar-refractivity contribution in [3.63, 3.8) is 0 Å². The average molecular weight is 502 g/mol. The van der Waals surface area contributed by atoms with Gasteiger partial charge in [-0.3, -0.25) is 14.4 Å². The van der Waals surface area contributed by atoms with E-state index in [1.807, 2.05) is 0 Å². The van der Waals surface area contributed by atoms with Crippen molar-refractivity contribution < 1.29 is 27.5 Å². The molecule has 1 fully saturated rings. The number of carbonyl (C=O) groups is 2. The third-order valence-electron chi connectivity index (χ3n) is 6.53. The van der Waals surface area contributed by atoms with E-state index in [0.29, 0.717) is 17.4 Å². The minimum atomic E-state index is -4.57. The molecule has 1 aliphatic heterocycles. The summed E-state index contributed by atoms with van der Waals surface area (Å²) in [6.07, 6.45) is -4.21. The number of aromatic nitrogens is 1. The van der Waals surface area contributed by atoms with Crippen molar-refractivity contribution >= 4 is 22.6 Å². The van der Waals surface area contributed by atoms with Gasteiger partial charge in [-0.15, -0.1) is 0 Å². The number of nitrogens with one attached hydrogen (secondary N) is 3. The molecule has 3 aromatic rings. The fraction of sp³-hybridized carbons (Fsp3) is 0.346. The number of hydrogen-bond donors (Lipinski definition) is 3. The second-order valence-corrected chi connectivity index (χ2v) is 9.37. The zero-order chi connectivity index (χ0) is 26.3. The Labute approximate surface area is 205 Å². The highest BCUT2D eigenvalue weighted by molar-refractivity contribution is 5.90. The molecule has 1 aliphatic rings. The highest BCUT2D eigenvalue weighted by Crippen LogP contribution is 2.37. The monoisotopic (exact) mass is 501 g/mol. The Balaban J connectivity index is 1.58. The highest BCUT2D eigenvalue weighted by atomic mass is 19.4. The smallest absolute Gasteiger partial charge is 0.417 e. The van der Waals surface area contributed by atoms with Crippen molar-refractivity contribution in [2.24, 2.45) is 0 Å². The van der Waals surface area contributed by atoms with E-state index in [2.05, 4.69) is 15.6 Å². The van der Waals surface area contributed by atoms with Crippen molar-refractivity contribution in [3.8, 4) is 11.3 Å². The number of ether oxygens (including phenoxy) is 1. The van der Waals surface area contributed by atoms with Crippen LogP contribution in [0.2, 0.25) is 0 Å². The number of alkyl halides is 3. The zero-order valence-electron chi connectivity index (χ0n) is 20.0. The van der Waals surface area contributed by atoms with Crippen LogP contribution in [-0.2, 0) is 20.5 Å². The molecular weight excluding hydrogens is 475 g/mol. The molecule has 10 heteroatoms. The largest absolute Gasteiger partial charge is 0.462 e. The summed E-state index contributed by atoms with van der Waals surface area (Å²) < 4.78 is 45.7. The average Bonchev–Trinajstić information content (AvgIpc) is 3.22. The highest BCUT2D eigenvalue weighted by Gasteiger charge is 2.36. The number of fused-ring (bicyclic) bond motifs is 1. The van der Waals surface area contributed by atoms with Crippen LogP contribution in [0.1, 0.15) is 37.3 Å². The van der Waals surface area contributed by atoms with Crippen LogP contribution < -0.4 is 16.2 Å². The molecule has 1 aromatic heterocycles. The first-order valence-electron chi connectivity index (χ1n) is 11.4. The summed E-state index contributed by atoms with van der Waals surface area (Å²) in [7, 11) is 1.65. The molecule has 1 unspecified atom stereocenters. The SMILES string of the molecule is CNC(C)(C)C(=O)OCC1C[C@H](c2ccc3cc(-c4ccccc4C(F)(F)F)[nH]c(=O)c3c2)C(=O)N1. The van der Waals surface area contributed by atoms with E-state index in [1.54, 1.807) is 39.1 Å². The normalized spacial score (nSPS) is 18.3. The van der Waals surface area contributed by atoms with Gasteiger partial charge in [0.1, 0.15) is 12.1 Å². The van der Waals surface area contributed by atoms with E-state index >= 15 is 0 Å². The summed E-state index contributed by atoms with van der Waals surface area (Å²) in [4.78, 5) is 40.2. The third-order valence-corrected chi connectivity index (χ3v) is 6.53. The molecule has 2 heterocycles. The predicted molar refractivity (Wildman–Crippen MR) is 128 cm³/mol. The first kappa shape index (κ1) is 25.4. The predicted octanol–water partition coefficient (Wildman–Crippen LogP) is 3.73. The van der Waals surface area contributed by atoms with E-state index in [1.165, 1.54) is 24.3 Å². The van der Waals surface area contributed by atoms with Gasteiger partial charge in [0.05, 0.1) is 17.5 Å². The lowest BCUT2D eigenvalue weighted by Crippen LogP contribution is -2.46. The van der Waals surface area contributed by atoms with Crippen molar-refractivity contribution in [2.75, 3.05) is 13.7 Å². The van der Waals surface area contributed by atoms with Crippen LogP contribution in [0.5, 0.6) is 0 Å². The Kier molecular flexibility index (Phi) is 6.66. The Bertz CT molecular complexity index is 1380. The van der Waals surface area contributed by atoms with Crippen LogP contribution in [0, 0.1) is 0 Å². The maximum Gasteiger partial charge on any atom is 0.417 e. The summed E-state index contributed by atoms with van der Waals surface area (Å²) in [6, 6.07) is 11.0. The minimum absolute atomic E-state index is 0.0162. The molecule has 0 saturated carbocycles. The van der Waals surface area contributed by atoms with Crippen molar-refractivity contribution in [1.29, 1.82) is 0 Å². The van der Waals surface area contributed by atoms with Crippen LogP contribution >= 0.6 is 0 Å². The van der Waals surface area contributed by atoms with E-state index in [-0.39, 0.29) is 35.2 Å². The van der Waals surface area contributed by atoms with Crippen LogP contribution in [0.4, 0.5) is 13.2 Å². The Morgan fingerprint density at radius 1 is 1.11 bits per heavy atom. The molecule has 0 aliphatic carbocycles. The number of esters is 1. The number of aromatic amines is 1. The van der Waals surface area contributed by atoms with Crippen LogP contribution in [0.15, 0.2) is 53.3 Å².